The summed E-state index contributed by atoms with van der Waals surface area (Å²) < 4.78 is 0. The molecule has 110 valence electrons. The van der Waals surface area contributed by atoms with E-state index in [4.69, 9.17) is 12.2 Å². The number of thiocarbonyl (C=S) groups is 1. The summed E-state index contributed by atoms with van der Waals surface area (Å²) in [4.78, 5) is 12.5. The second-order valence-corrected chi connectivity index (χ2v) is 7.30. The minimum absolute atomic E-state index is 0.150. The van der Waals surface area contributed by atoms with Gasteiger partial charge in [-0.3, -0.25) is 5.32 Å². The van der Waals surface area contributed by atoms with Gasteiger partial charge in [-0.05, 0) is 25.7 Å². The van der Waals surface area contributed by atoms with E-state index in [1.165, 1.54) is 0 Å². The van der Waals surface area contributed by atoms with E-state index < -0.39 is 0 Å². The van der Waals surface area contributed by atoms with Crippen LogP contribution in [0.5, 0.6) is 0 Å². The molecule has 4 heteroatoms. The molecule has 0 bridgehead atoms. The van der Waals surface area contributed by atoms with Crippen molar-refractivity contribution >= 4 is 23.2 Å². The quantitative estimate of drug-likeness (QED) is 0.830. The Morgan fingerprint density at radius 2 is 1.65 bits per heavy atom. The van der Waals surface area contributed by atoms with E-state index in [-0.39, 0.29) is 17.0 Å². The summed E-state index contributed by atoms with van der Waals surface area (Å²) in [7, 11) is 0. The first-order valence-corrected chi connectivity index (χ1v) is 7.18. The fourth-order valence-electron chi connectivity index (χ4n) is 2.47. The first-order valence-electron chi connectivity index (χ1n) is 6.78. The van der Waals surface area contributed by atoms with Crippen molar-refractivity contribution in [2.24, 2.45) is 5.41 Å². The lowest BCUT2D eigenvalue weighted by atomic mass is 9.82. The van der Waals surface area contributed by atoms with Gasteiger partial charge in [-0.1, -0.05) is 63.3 Å². The fourth-order valence-corrected chi connectivity index (χ4v) is 2.70. The zero-order valence-electron chi connectivity index (χ0n) is 12.9. The lowest BCUT2D eigenvalue weighted by Crippen LogP contribution is -2.51. The molecule has 0 atom stereocenters. The van der Waals surface area contributed by atoms with E-state index in [1.807, 2.05) is 44.2 Å². The van der Waals surface area contributed by atoms with E-state index in [0.717, 1.165) is 12.0 Å². The van der Waals surface area contributed by atoms with Gasteiger partial charge in [0.1, 0.15) is 4.99 Å². The molecule has 0 radical (unpaired) electrons. The predicted molar refractivity (Wildman–Crippen MR) is 88.0 cm³/mol. The minimum atomic E-state index is -0.283. The molecule has 0 heterocycles. The fraction of sp³-hybridized carbons (Fsp3) is 0.500. The van der Waals surface area contributed by atoms with Gasteiger partial charge in [0.15, 0.2) is 0 Å². The lowest BCUT2D eigenvalue weighted by molar-refractivity contribution is 0.214. The molecule has 0 fully saturated rings. The number of hydrogen-bond acceptors (Lipinski definition) is 2. The van der Waals surface area contributed by atoms with Crippen LogP contribution in [0.4, 0.5) is 4.79 Å². The number of urea groups is 1. The van der Waals surface area contributed by atoms with Crippen LogP contribution in [0.2, 0.25) is 0 Å². The SMILES string of the molecule is CC(C)(C)CC(C)(C)NC(=O)NC(=S)c1ccccc1. The highest BCUT2D eigenvalue weighted by Crippen LogP contribution is 2.26. The number of rotatable bonds is 3. The topological polar surface area (TPSA) is 41.1 Å². The third kappa shape index (κ3) is 6.15. The van der Waals surface area contributed by atoms with E-state index in [9.17, 15) is 4.79 Å². The molecular weight excluding hydrogens is 268 g/mol. The molecule has 2 amide bonds. The third-order valence-corrected chi connectivity index (χ3v) is 3.02. The predicted octanol–water partition coefficient (Wildman–Crippen LogP) is 3.88. The van der Waals surface area contributed by atoms with Crippen molar-refractivity contribution in [3.63, 3.8) is 0 Å². The van der Waals surface area contributed by atoms with Gasteiger partial charge in [-0.2, -0.15) is 0 Å². The van der Waals surface area contributed by atoms with Crippen LogP contribution < -0.4 is 10.6 Å². The van der Waals surface area contributed by atoms with Gasteiger partial charge in [-0.15, -0.1) is 0 Å². The van der Waals surface area contributed by atoms with Crippen LogP contribution in [0, 0.1) is 5.41 Å². The van der Waals surface area contributed by atoms with Gasteiger partial charge in [-0.25, -0.2) is 4.79 Å². The molecule has 2 N–H and O–H groups in total. The van der Waals surface area contributed by atoms with Crippen LogP contribution in [0.25, 0.3) is 0 Å². The van der Waals surface area contributed by atoms with Crippen LogP contribution in [0.15, 0.2) is 30.3 Å². The largest absolute Gasteiger partial charge is 0.333 e. The molecule has 0 aliphatic carbocycles. The second-order valence-electron chi connectivity index (χ2n) is 6.90. The third-order valence-electron chi connectivity index (χ3n) is 2.69. The van der Waals surface area contributed by atoms with Crippen molar-refractivity contribution in [3.05, 3.63) is 35.9 Å². The molecule has 0 aliphatic heterocycles. The number of carbonyl (C=O) groups is 1. The highest BCUT2D eigenvalue weighted by atomic mass is 32.1. The second kappa shape index (κ2) is 6.35. The maximum Gasteiger partial charge on any atom is 0.320 e. The Morgan fingerprint density at radius 1 is 1.10 bits per heavy atom. The highest BCUT2D eigenvalue weighted by molar-refractivity contribution is 7.80. The van der Waals surface area contributed by atoms with Gasteiger partial charge < -0.3 is 5.32 Å². The van der Waals surface area contributed by atoms with Crippen molar-refractivity contribution < 1.29 is 4.79 Å². The van der Waals surface area contributed by atoms with E-state index in [1.54, 1.807) is 0 Å². The standard InChI is InChI=1S/C16H24N2OS/c1-15(2,3)11-16(4,5)18-14(19)17-13(20)12-9-7-6-8-10-12/h6-10H,11H2,1-5H3,(H2,17,18,19,20). The molecule has 0 aromatic heterocycles. The van der Waals surface area contributed by atoms with Gasteiger partial charge in [0.05, 0.1) is 0 Å². The Labute approximate surface area is 127 Å². The summed E-state index contributed by atoms with van der Waals surface area (Å²) in [6.45, 7) is 10.5. The van der Waals surface area contributed by atoms with Crippen molar-refractivity contribution in [3.8, 4) is 0 Å². The summed E-state index contributed by atoms with van der Waals surface area (Å²) in [5.41, 5.74) is 0.706. The number of benzene rings is 1. The Kier molecular flexibility index (Phi) is 5.28. The molecular formula is C16H24N2OS. The maximum absolute atomic E-state index is 12.0. The monoisotopic (exact) mass is 292 g/mol. The van der Waals surface area contributed by atoms with Gasteiger partial charge in [0, 0.05) is 11.1 Å². The van der Waals surface area contributed by atoms with Gasteiger partial charge >= 0.3 is 6.03 Å². The van der Waals surface area contributed by atoms with Crippen LogP contribution >= 0.6 is 12.2 Å². The normalized spacial score (nSPS) is 11.8. The van der Waals surface area contributed by atoms with Crippen LogP contribution in [-0.4, -0.2) is 16.6 Å². The van der Waals surface area contributed by atoms with E-state index >= 15 is 0 Å². The van der Waals surface area contributed by atoms with Crippen molar-refractivity contribution in [1.82, 2.24) is 10.6 Å². The molecule has 3 nitrogen and oxygen atoms in total. The molecule has 0 saturated heterocycles. The van der Waals surface area contributed by atoms with Gasteiger partial charge in [0.2, 0.25) is 0 Å². The first-order chi connectivity index (χ1) is 9.09. The molecule has 1 aromatic carbocycles. The molecule has 1 aromatic rings. The average molecular weight is 292 g/mol. The van der Waals surface area contributed by atoms with Crippen molar-refractivity contribution in [2.75, 3.05) is 0 Å². The van der Waals surface area contributed by atoms with Crippen molar-refractivity contribution in [2.45, 2.75) is 46.6 Å². The van der Waals surface area contributed by atoms with Gasteiger partial charge in [0.25, 0.3) is 0 Å². The number of carbonyl (C=O) groups excluding carboxylic acids is 1. The van der Waals surface area contributed by atoms with Crippen LogP contribution in [-0.2, 0) is 0 Å². The first kappa shape index (κ1) is 16.6. The number of hydrogen-bond donors (Lipinski definition) is 2. The van der Waals surface area contributed by atoms with Crippen LogP contribution in [0.3, 0.4) is 0 Å². The summed E-state index contributed by atoms with van der Waals surface area (Å²) in [6.07, 6.45) is 0.880. The molecule has 0 saturated carbocycles. The Hall–Kier alpha value is -1.42. The minimum Gasteiger partial charge on any atom is -0.333 e. The zero-order valence-corrected chi connectivity index (χ0v) is 13.7. The summed E-state index contributed by atoms with van der Waals surface area (Å²) in [6, 6.07) is 9.20. The Bertz CT molecular complexity index is 475. The Morgan fingerprint density at radius 3 is 2.15 bits per heavy atom. The summed E-state index contributed by atoms with van der Waals surface area (Å²) >= 11 is 5.22. The number of nitrogens with one attached hydrogen (secondary N) is 2. The van der Waals surface area contributed by atoms with E-state index in [2.05, 4.69) is 31.4 Å². The molecule has 1 rings (SSSR count). The smallest absolute Gasteiger partial charge is 0.320 e. The molecule has 0 spiro atoms. The van der Waals surface area contributed by atoms with Crippen LogP contribution in [0.1, 0.15) is 46.6 Å². The van der Waals surface area contributed by atoms with E-state index in [0.29, 0.717) is 4.99 Å². The lowest BCUT2D eigenvalue weighted by Gasteiger charge is -2.33. The summed E-state index contributed by atoms with van der Waals surface area (Å²) in [5, 5.41) is 5.70. The molecule has 0 unspecified atom stereocenters. The average Bonchev–Trinajstić information content (AvgIpc) is 2.25. The number of amides is 2. The maximum atomic E-state index is 12.0. The Balaban J connectivity index is 2.58. The zero-order chi connectivity index (χ0) is 15.4. The molecule has 20 heavy (non-hydrogen) atoms. The summed E-state index contributed by atoms with van der Waals surface area (Å²) in [5.74, 6) is 0. The van der Waals surface area contributed by atoms with Crippen molar-refractivity contribution in [1.29, 1.82) is 0 Å². The highest BCUT2D eigenvalue weighted by Gasteiger charge is 2.27. The molecule has 0 aliphatic rings.